The van der Waals surface area contributed by atoms with Crippen LogP contribution in [0.3, 0.4) is 0 Å². The summed E-state index contributed by atoms with van der Waals surface area (Å²) in [4.78, 5) is 0. The molecule has 1 aliphatic heterocycles. The van der Waals surface area contributed by atoms with Crippen LogP contribution in [0.5, 0.6) is 0 Å². The van der Waals surface area contributed by atoms with Crippen LogP contribution in [0.15, 0.2) is 0 Å². The fourth-order valence-corrected chi connectivity index (χ4v) is 1.34. The third kappa shape index (κ3) is 2.28. The predicted molar refractivity (Wildman–Crippen MR) is 34.2 cm³/mol. The smallest absolute Gasteiger partial charge is 0.136 e. The van der Waals surface area contributed by atoms with Crippen LogP contribution in [0.1, 0.15) is 0 Å². The minimum atomic E-state index is -0.546. The highest BCUT2D eigenvalue weighted by atomic mass is 35.5. The Morgan fingerprint density at radius 3 is 2.18 bits per heavy atom. The molecule has 0 aromatic heterocycles. The number of aliphatic hydroxyl groups is 3. The first-order valence-electron chi connectivity index (χ1n) is 3.52. The zero-order valence-electron chi connectivity index (χ0n) is 6.15. The molecule has 1 fully saturated rings. The Kier molecular flexibility index (Phi) is 4.96. The van der Waals surface area contributed by atoms with Gasteiger partial charge in [0.15, 0.2) is 0 Å². The lowest BCUT2D eigenvalue weighted by molar-refractivity contribution is -0.676. The second-order valence-electron chi connectivity index (χ2n) is 2.75. The summed E-state index contributed by atoms with van der Waals surface area (Å²) in [7, 11) is 0. The van der Waals surface area contributed by atoms with Gasteiger partial charge in [-0.15, -0.1) is 0 Å². The Labute approximate surface area is 71.6 Å². The van der Waals surface area contributed by atoms with E-state index in [0.717, 1.165) is 0 Å². The van der Waals surface area contributed by atoms with Crippen LogP contribution in [0.4, 0.5) is 0 Å². The Balaban J connectivity index is 0.000001000. The number of quaternary nitrogens is 1. The topological polar surface area (TPSA) is 77.3 Å². The van der Waals surface area contributed by atoms with Gasteiger partial charge in [-0.3, -0.25) is 0 Å². The van der Waals surface area contributed by atoms with Gasteiger partial charge in [0.2, 0.25) is 0 Å². The molecule has 0 amide bonds. The molecular weight excluding hydrogens is 170 g/mol. The molecule has 0 spiro atoms. The Hall–Kier alpha value is 0.130. The first kappa shape index (κ1) is 11.1. The largest absolute Gasteiger partial charge is 1.00 e. The van der Waals surface area contributed by atoms with Crippen LogP contribution >= 0.6 is 0 Å². The summed E-state index contributed by atoms with van der Waals surface area (Å²) >= 11 is 0. The van der Waals surface area contributed by atoms with E-state index < -0.39 is 6.10 Å². The van der Waals surface area contributed by atoms with E-state index in [2.05, 4.69) is 0 Å². The Morgan fingerprint density at radius 1 is 1.27 bits per heavy atom. The van der Waals surface area contributed by atoms with Crippen molar-refractivity contribution in [3.05, 3.63) is 0 Å². The van der Waals surface area contributed by atoms with Crippen molar-refractivity contribution in [2.45, 2.75) is 12.1 Å². The molecule has 0 saturated carbocycles. The van der Waals surface area contributed by atoms with Crippen molar-refractivity contribution < 1.29 is 33.0 Å². The van der Waals surface area contributed by atoms with Crippen LogP contribution in [0, 0.1) is 5.92 Å². The average molecular weight is 184 g/mol. The number of nitrogens with two attached hydrogens (primary N) is 1. The van der Waals surface area contributed by atoms with Crippen molar-refractivity contribution in [2.75, 3.05) is 19.8 Å². The molecule has 0 unspecified atom stereocenters. The Bertz CT molecular complexity index is 102. The molecule has 1 saturated heterocycles. The molecule has 5 N–H and O–H groups in total. The zero-order valence-corrected chi connectivity index (χ0v) is 6.91. The van der Waals surface area contributed by atoms with Gasteiger partial charge in [-0.2, -0.15) is 0 Å². The fourth-order valence-electron chi connectivity index (χ4n) is 1.34. The normalized spacial score (nSPS) is 36.8. The van der Waals surface area contributed by atoms with Crippen molar-refractivity contribution >= 4 is 0 Å². The summed E-state index contributed by atoms with van der Waals surface area (Å²) in [5, 5.41) is 28.5. The van der Waals surface area contributed by atoms with Gasteiger partial charge in [-0.1, -0.05) is 0 Å². The Morgan fingerprint density at radius 2 is 1.91 bits per heavy atom. The summed E-state index contributed by atoms with van der Waals surface area (Å²) in [6, 6.07) is -0.128. The lowest BCUT2D eigenvalue weighted by atomic mass is 10.0. The summed E-state index contributed by atoms with van der Waals surface area (Å²) in [5.74, 6) is -0.0582. The zero-order chi connectivity index (χ0) is 7.56. The molecule has 4 nitrogen and oxygen atoms in total. The molecule has 0 aromatic rings. The lowest BCUT2D eigenvalue weighted by Crippen LogP contribution is -3.00. The van der Waals surface area contributed by atoms with Crippen LogP contribution < -0.4 is 17.7 Å². The van der Waals surface area contributed by atoms with Gasteiger partial charge in [0, 0.05) is 0 Å². The molecule has 0 radical (unpaired) electrons. The van der Waals surface area contributed by atoms with Gasteiger partial charge in [0.05, 0.1) is 25.7 Å². The summed E-state index contributed by atoms with van der Waals surface area (Å²) in [5.41, 5.74) is 0. The van der Waals surface area contributed by atoms with E-state index in [-0.39, 0.29) is 37.6 Å². The lowest BCUT2D eigenvalue weighted by Gasteiger charge is -2.10. The van der Waals surface area contributed by atoms with Crippen molar-refractivity contribution in [3.8, 4) is 0 Å². The van der Waals surface area contributed by atoms with Crippen molar-refractivity contribution in [2.24, 2.45) is 5.92 Å². The first-order valence-corrected chi connectivity index (χ1v) is 3.52. The van der Waals surface area contributed by atoms with Gasteiger partial charge in [-0.05, 0) is 0 Å². The number of rotatable bonds is 2. The van der Waals surface area contributed by atoms with Crippen molar-refractivity contribution in [1.29, 1.82) is 0 Å². The molecule has 5 heteroatoms. The maximum Gasteiger partial charge on any atom is 0.136 e. The molecule has 0 aromatic carbocycles. The monoisotopic (exact) mass is 183 g/mol. The summed E-state index contributed by atoms with van der Waals surface area (Å²) in [6.45, 7) is 0.703. The molecule has 0 aliphatic carbocycles. The molecule has 68 valence electrons. The van der Waals surface area contributed by atoms with Gasteiger partial charge in [-0.25, -0.2) is 0 Å². The highest BCUT2D eigenvalue weighted by Crippen LogP contribution is 2.07. The van der Waals surface area contributed by atoms with E-state index in [4.69, 9.17) is 10.2 Å². The predicted octanol–water partition coefficient (Wildman–Crippen LogP) is -6.10. The standard InChI is InChI=1S/C6H13NO3.ClH/c8-2-4-1-7-5(3-9)6(4)10;/h4-10H,1-3H2;1H/t4-,5+,6+;/m0./s1. The molecule has 3 atom stereocenters. The maximum absolute atomic E-state index is 9.30. The molecule has 1 rings (SSSR count). The number of halogens is 1. The van der Waals surface area contributed by atoms with E-state index in [1.807, 2.05) is 5.32 Å². The molecular formula is C6H14ClNO3. The third-order valence-corrected chi connectivity index (χ3v) is 2.11. The molecule has 1 heterocycles. The summed E-state index contributed by atoms with van der Waals surface area (Å²) in [6.07, 6.45) is -0.546. The van der Waals surface area contributed by atoms with Crippen molar-refractivity contribution in [1.82, 2.24) is 0 Å². The average Bonchev–Trinajstić information content (AvgIpc) is 2.30. The van der Waals surface area contributed by atoms with E-state index in [1.165, 1.54) is 0 Å². The number of hydrogen-bond donors (Lipinski definition) is 4. The maximum atomic E-state index is 9.30. The number of aliphatic hydroxyl groups excluding tert-OH is 3. The second-order valence-corrected chi connectivity index (χ2v) is 2.75. The highest BCUT2D eigenvalue weighted by molar-refractivity contribution is 4.78. The van der Waals surface area contributed by atoms with Crippen LogP contribution in [-0.2, 0) is 0 Å². The van der Waals surface area contributed by atoms with E-state index in [9.17, 15) is 5.11 Å². The third-order valence-electron chi connectivity index (χ3n) is 2.11. The van der Waals surface area contributed by atoms with Gasteiger partial charge in [0.1, 0.15) is 12.1 Å². The van der Waals surface area contributed by atoms with Crippen LogP contribution in [0.2, 0.25) is 0 Å². The number of hydrogen-bond acceptors (Lipinski definition) is 3. The molecule has 0 bridgehead atoms. The van der Waals surface area contributed by atoms with Crippen molar-refractivity contribution in [3.63, 3.8) is 0 Å². The quantitative estimate of drug-likeness (QED) is 0.344. The van der Waals surface area contributed by atoms with E-state index >= 15 is 0 Å². The van der Waals surface area contributed by atoms with Gasteiger partial charge in [0.25, 0.3) is 0 Å². The highest BCUT2D eigenvalue weighted by Gasteiger charge is 2.37. The molecule has 11 heavy (non-hydrogen) atoms. The van der Waals surface area contributed by atoms with E-state index in [1.54, 1.807) is 0 Å². The molecule has 1 aliphatic rings. The van der Waals surface area contributed by atoms with Crippen LogP contribution in [0.25, 0.3) is 0 Å². The van der Waals surface area contributed by atoms with E-state index in [0.29, 0.717) is 6.54 Å². The first-order chi connectivity index (χ1) is 4.79. The van der Waals surface area contributed by atoms with Gasteiger partial charge < -0.3 is 33.0 Å². The minimum Gasteiger partial charge on any atom is -1.00 e. The van der Waals surface area contributed by atoms with Gasteiger partial charge >= 0.3 is 0 Å². The van der Waals surface area contributed by atoms with Crippen LogP contribution in [-0.4, -0.2) is 47.2 Å². The second kappa shape index (κ2) is 4.90. The SMILES string of the molecule is OC[C@@H]1C[NH2+][C@H](CO)[C@@H]1O.[Cl-]. The summed E-state index contributed by atoms with van der Waals surface area (Å²) < 4.78 is 0. The fraction of sp³-hybridized carbons (Fsp3) is 1.00. The minimum absolute atomic E-state index is 0.